The third kappa shape index (κ3) is 2.89. The quantitative estimate of drug-likeness (QED) is 0.604. The fourth-order valence-corrected chi connectivity index (χ4v) is 1.03. The van der Waals surface area contributed by atoms with E-state index in [1.807, 2.05) is 0 Å². The first kappa shape index (κ1) is 12.4. The van der Waals surface area contributed by atoms with Crippen molar-refractivity contribution in [3.8, 4) is 0 Å². The molecule has 0 bridgehead atoms. The molecule has 0 atom stereocenters. The number of ether oxygens (including phenoxy) is 1. The first-order valence-corrected chi connectivity index (χ1v) is 4.26. The molecule has 0 aromatic carbocycles. The molecule has 0 fully saturated rings. The zero-order chi connectivity index (χ0) is 12.3. The van der Waals surface area contributed by atoms with Crippen LogP contribution >= 0.6 is 12.2 Å². The number of carbonyl (C=O) groups excluding carboxylic acids is 1. The summed E-state index contributed by atoms with van der Waals surface area (Å²) in [6, 6.07) is 0.663. The summed E-state index contributed by atoms with van der Waals surface area (Å²) in [6.07, 6.45) is -3.02. The van der Waals surface area contributed by atoms with E-state index in [9.17, 15) is 18.0 Å². The van der Waals surface area contributed by atoms with Gasteiger partial charge in [0.05, 0.1) is 11.1 Å². The summed E-state index contributed by atoms with van der Waals surface area (Å²) < 4.78 is 41.5. The lowest BCUT2D eigenvalue weighted by atomic mass is 10.1. The largest absolute Gasteiger partial charge is 0.417 e. The summed E-state index contributed by atoms with van der Waals surface area (Å²) in [4.78, 5) is 14.6. The Morgan fingerprint density at radius 2 is 2.12 bits per heavy atom. The molecule has 0 saturated carbocycles. The van der Waals surface area contributed by atoms with E-state index in [1.165, 1.54) is 0 Å². The minimum Gasteiger partial charge on any atom is -0.396 e. The number of halogens is 3. The maximum Gasteiger partial charge on any atom is 0.417 e. The van der Waals surface area contributed by atoms with Gasteiger partial charge < -0.3 is 10.5 Å². The minimum absolute atomic E-state index is 0.651. The van der Waals surface area contributed by atoms with Crippen molar-refractivity contribution in [3.05, 3.63) is 29.6 Å². The van der Waals surface area contributed by atoms with Crippen molar-refractivity contribution in [3.63, 3.8) is 0 Å². The highest BCUT2D eigenvalue weighted by Gasteiger charge is 2.35. The number of nitrogens with two attached hydrogens (primary N) is 1. The van der Waals surface area contributed by atoms with E-state index in [2.05, 4.69) is 21.9 Å². The van der Waals surface area contributed by atoms with Crippen LogP contribution in [0, 0.1) is 0 Å². The first-order valence-electron chi connectivity index (χ1n) is 3.85. The normalized spacial score (nSPS) is 10.9. The molecule has 0 saturated heterocycles. The van der Waals surface area contributed by atoms with Crippen LogP contribution in [0.2, 0.25) is 0 Å². The number of rotatable bonds is 1. The van der Waals surface area contributed by atoms with Crippen molar-refractivity contribution in [2.75, 3.05) is 0 Å². The Balaban J connectivity index is 3.14. The molecule has 2 N–H and O–H groups in total. The van der Waals surface area contributed by atoms with Gasteiger partial charge in [0.2, 0.25) is 0 Å². The molecule has 8 heteroatoms. The molecule has 0 aliphatic heterocycles. The number of nitrogens with zero attached hydrogens (tertiary/aromatic N) is 1. The maximum atomic E-state index is 12.4. The standard InChI is InChI=1S/C8H5F3N2O2S/c9-8(10,11)5-1-2-13-3-4(5)6(14)15-7(12)16/h1-3H,(H2,12,16). The molecule has 1 heterocycles. The van der Waals surface area contributed by atoms with E-state index >= 15 is 0 Å². The van der Waals surface area contributed by atoms with Gasteiger partial charge in [-0.15, -0.1) is 0 Å². The van der Waals surface area contributed by atoms with Crippen LogP contribution in [-0.2, 0) is 10.9 Å². The van der Waals surface area contributed by atoms with E-state index < -0.39 is 28.4 Å². The maximum absolute atomic E-state index is 12.4. The van der Waals surface area contributed by atoms with Crippen LogP contribution < -0.4 is 5.73 Å². The number of thiocarbonyl (C=S) groups is 1. The molecule has 0 aliphatic rings. The number of hydrogen-bond acceptors (Lipinski definition) is 4. The number of alkyl halides is 3. The zero-order valence-corrected chi connectivity index (χ0v) is 8.43. The van der Waals surface area contributed by atoms with Crippen LogP contribution in [-0.4, -0.2) is 16.1 Å². The van der Waals surface area contributed by atoms with Crippen LogP contribution in [0.1, 0.15) is 15.9 Å². The van der Waals surface area contributed by atoms with E-state index in [-0.39, 0.29) is 0 Å². The van der Waals surface area contributed by atoms with Crippen LogP contribution in [0.15, 0.2) is 18.5 Å². The predicted molar refractivity (Wildman–Crippen MR) is 51.4 cm³/mol. The molecule has 16 heavy (non-hydrogen) atoms. The average molecular weight is 250 g/mol. The van der Waals surface area contributed by atoms with Crippen molar-refractivity contribution in [2.24, 2.45) is 5.73 Å². The molecule has 1 aromatic heterocycles. The molecule has 0 amide bonds. The molecule has 0 radical (unpaired) electrons. The van der Waals surface area contributed by atoms with Gasteiger partial charge in [0, 0.05) is 12.4 Å². The molecule has 1 rings (SSSR count). The number of carbonyl (C=O) groups is 1. The van der Waals surface area contributed by atoms with Gasteiger partial charge >= 0.3 is 12.1 Å². The van der Waals surface area contributed by atoms with Crippen molar-refractivity contribution in [1.82, 2.24) is 4.98 Å². The predicted octanol–water partition coefficient (Wildman–Crippen LogP) is 1.50. The van der Waals surface area contributed by atoms with Crippen LogP contribution in [0.3, 0.4) is 0 Å². The fraction of sp³-hybridized carbons (Fsp3) is 0.125. The highest BCUT2D eigenvalue weighted by Crippen LogP contribution is 2.31. The lowest BCUT2D eigenvalue weighted by Crippen LogP contribution is -2.21. The van der Waals surface area contributed by atoms with Crippen molar-refractivity contribution in [1.29, 1.82) is 0 Å². The summed E-state index contributed by atoms with van der Waals surface area (Å²) in [5, 5.41) is -0.651. The number of hydrogen-bond donors (Lipinski definition) is 1. The van der Waals surface area contributed by atoms with Gasteiger partial charge in [0.1, 0.15) is 0 Å². The van der Waals surface area contributed by atoms with Crippen LogP contribution in [0.4, 0.5) is 13.2 Å². The average Bonchev–Trinajstić information content (AvgIpc) is 2.15. The van der Waals surface area contributed by atoms with E-state index in [1.54, 1.807) is 0 Å². The Morgan fingerprint density at radius 1 is 1.50 bits per heavy atom. The second kappa shape index (κ2) is 4.44. The van der Waals surface area contributed by atoms with E-state index in [0.29, 0.717) is 6.07 Å². The van der Waals surface area contributed by atoms with Crippen molar-refractivity contribution < 1.29 is 22.7 Å². The summed E-state index contributed by atoms with van der Waals surface area (Å²) in [5.74, 6) is -1.28. The van der Waals surface area contributed by atoms with E-state index in [0.717, 1.165) is 12.4 Å². The summed E-state index contributed by atoms with van der Waals surface area (Å²) >= 11 is 4.24. The monoisotopic (exact) mass is 250 g/mol. The van der Waals surface area contributed by atoms with Crippen LogP contribution in [0.5, 0.6) is 0 Å². The third-order valence-electron chi connectivity index (χ3n) is 1.54. The molecule has 86 valence electrons. The van der Waals surface area contributed by atoms with Crippen molar-refractivity contribution >= 4 is 23.4 Å². The highest BCUT2D eigenvalue weighted by atomic mass is 32.1. The van der Waals surface area contributed by atoms with Gasteiger partial charge in [-0.1, -0.05) is 0 Å². The summed E-state index contributed by atoms with van der Waals surface area (Å²) in [7, 11) is 0. The van der Waals surface area contributed by atoms with E-state index in [4.69, 9.17) is 5.73 Å². The van der Waals surface area contributed by atoms with Gasteiger partial charge in [0.25, 0.3) is 5.17 Å². The molecule has 0 spiro atoms. The van der Waals surface area contributed by atoms with Gasteiger partial charge in [-0.3, -0.25) is 4.98 Å². The fourth-order valence-electron chi connectivity index (χ4n) is 0.951. The molecule has 0 unspecified atom stereocenters. The number of pyridine rings is 1. The Labute approximate surface area is 93.2 Å². The molecule has 1 aromatic rings. The first-order chi connectivity index (χ1) is 7.32. The Hall–Kier alpha value is -1.70. The molecular formula is C8H5F3N2O2S. The lowest BCUT2D eigenvalue weighted by Gasteiger charge is -2.10. The van der Waals surface area contributed by atoms with Gasteiger partial charge in [-0.05, 0) is 18.3 Å². The summed E-state index contributed by atoms with van der Waals surface area (Å²) in [6.45, 7) is 0. The molecule has 0 aliphatic carbocycles. The van der Waals surface area contributed by atoms with Gasteiger partial charge in [-0.2, -0.15) is 13.2 Å². The van der Waals surface area contributed by atoms with Crippen LogP contribution in [0.25, 0.3) is 0 Å². The topological polar surface area (TPSA) is 65.2 Å². The smallest absolute Gasteiger partial charge is 0.396 e. The minimum atomic E-state index is -4.67. The lowest BCUT2D eigenvalue weighted by molar-refractivity contribution is -0.138. The number of aromatic nitrogens is 1. The van der Waals surface area contributed by atoms with Gasteiger partial charge in [-0.25, -0.2) is 4.79 Å². The second-order valence-electron chi connectivity index (χ2n) is 2.63. The zero-order valence-electron chi connectivity index (χ0n) is 7.62. The Bertz CT molecular complexity index is 434. The summed E-state index contributed by atoms with van der Waals surface area (Å²) in [5.41, 5.74) is 2.99. The molecule has 4 nitrogen and oxygen atoms in total. The van der Waals surface area contributed by atoms with Gasteiger partial charge in [0.15, 0.2) is 0 Å². The van der Waals surface area contributed by atoms with Crippen molar-refractivity contribution in [2.45, 2.75) is 6.18 Å². The number of esters is 1. The molecular weight excluding hydrogens is 245 g/mol. The third-order valence-corrected chi connectivity index (χ3v) is 1.62. The highest BCUT2D eigenvalue weighted by molar-refractivity contribution is 7.80. The SMILES string of the molecule is NC(=S)OC(=O)c1cnccc1C(F)(F)F. The Kier molecular flexibility index (Phi) is 3.43. The second-order valence-corrected chi connectivity index (χ2v) is 3.03. The Morgan fingerprint density at radius 3 is 2.62 bits per heavy atom.